The number of amides is 2. The maximum absolute atomic E-state index is 13.9. The Morgan fingerprint density at radius 2 is 2.12 bits per heavy atom. The molecule has 0 radical (unpaired) electrons. The molecule has 25 heavy (non-hydrogen) atoms. The molecule has 0 aromatic heterocycles. The fraction of sp³-hybridized carbons (Fsp3) is 0.400. The van der Waals surface area contributed by atoms with Gasteiger partial charge in [0.2, 0.25) is 5.91 Å². The molecule has 0 bridgehead atoms. The lowest BCUT2D eigenvalue weighted by Crippen LogP contribution is -2.42. The van der Waals surface area contributed by atoms with Crippen molar-refractivity contribution in [1.82, 2.24) is 5.01 Å². The second-order valence-electron chi connectivity index (χ2n) is 5.90. The summed E-state index contributed by atoms with van der Waals surface area (Å²) < 4.78 is 37.1. The Bertz CT molecular complexity index is 872. The monoisotopic (exact) mass is 387 g/mol. The van der Waals surface area contributed by atoms with E-state index in [4.69, 9.17) is 11.6 Å². The van der Waals surface area contributed by atoms with Gasteiger partial charge in [-0.15, -0.1) is 0 Å². The van der Waals surface area contributed by atoms with Crippen molar-refractivity contribution in [3.8, 4) is 0 Å². The zero-order valence-corrected chi connectivity index (χ0v) is 14.6. The lowest BCUT2D eigenvalue weighted by Gasteiger charge is -2.27. The molecule has 1 N–H and O–H groups in total. The Morgan fingerprint density at radius 1 is 1.36 bits per heavy atom. The van der Waals surface area contributed by atoms with E-state index in [1.807, 2.05) is 0 Å². The van der Waals surface area contributed by atoms with Gasteiger partial charge in [-0.05, 0) is 18.6 Å². The third kappa shape index (κ3) is 3.82. The van der Waals surface area contributed by atoms with E-state index >= 15 is 0 Å². The van der Waals surface area contributed by atoms with E-state index in [1.165, 1.54) is 18.2 Å². The second-order valence-corrected chi connectivity index (χ2v) is 8.53. The highest BCUT2D eigenvalue weighted by Crippen LogP contribution is 2.24. The van der Waals surface area contributed by atoms with Gasteiger partial charge >= 0.3 is 0 Å². The minimum atomic E-state index is -3.19. The highest BCUT2D eigenvalue weighted by molar-refractivity contribution is 7.91. The van der Waals surface area contributed by atoms with Crippen LogP contribution in [0.4, 0.5) is 10.1 Å². The number of halogens is 2. The highest BCUT2D eigenvalue weighted by Gasteiger charge is 2.37. The van der Waals surface area contributed by atoms with Gasteiger partial charge < -0.3 is 5.32 Å². The normalized spacial score (nSPS) is 22.6. The lowest BCUT2D eigenvalue weighted by atomic mass is 10.1. The molecule has 7 nitrogen and oxygen atoms in total. The molecule has 1 aromatic rings. The number of hydrogen-bond acceptors (Lipinski definition) is 5. The Hall–Kier alpha value is -2.00. The van der Waals surface area contributed by atoms with Crippen LogP contribution in [0.15, 0.2) is 23.3 Å². The van der Waals surface area contributed by atoms with E-state index in [9.17, 15) is 22.4 Å². The summed E-state index contributed by atoms with van der Waals surface area (Å²) in [6.07, 6.45) is 0.430. The SMILES string of the molecule is O=C(Nc1cccc(Cl)c1F)C1=NN(C2CCS(=O)(=O)C2)C(=O)CC1. The zero-order chi connectivity index (χ0) is 18.2. The summed E-state index contributed by atoms with van der Waals surface area (Å²) in [6.45, 7) is 0. The average Bonchev–Trinajstić information content (AvgIpc) is 2.92. The average molecular weight is 388 g/mol. The van der Waals surface area contributed by atoms with Crippen LogP contribution in [0.5, 0.6) is 0 Å². The Kier molecular flexibility index (Phi) is 4.79. The summed E-state index contributed by atoms with van der Waals surface area (Å²) >= 11 is 5.67. The van der Waals surface area contributed by atoms with Crippen molar-refractivity contribution >= 4 is 44.7 Å². The van der Waals surface area contributed by atoms with Gasteiger partial charge in [-0.1, -0.05) is 17.7 Å². The first-order valence-electron chi connectivity index (χ1n) is 7.62. The maximum atomic E-state index is 13.9. The fourth-order valence-electron chi connectivity index (χ4n) is 2.78. The van der Waals surface area contributed by atoms with Crippen LogP contribution in [0.25, 0.3) is 0 Å². The molecule has 0 spiro atoms. The number of anilines is 1. The minimum Gasteiger partial charge on any atom is -0.318 e. The number of sulfone groups is 1. The van der Waals surface area contributed by atoms with Gasteiger partial charge in [0.05, 0.1) is 28.3 Å². The van der Waals surface area contributed by atoms with Crippen LogP contribution in [-0.2, 0) is 19.4 Å². The molecule has 2 amide bonds. The summed E-state index contributed by atoms with van der Waals surface area (Å²) in [5, 5.41) is 7.36. The molecule has 0 saturated carbocycles. The zero-order valence-electron chi connectivity index (χ0n) is 13.0. The Morgan fingerprint density at radius 3 is 2.80 bits per heavy atom. The largest absolute Gasteiger partial charge is 0.318 e. The van der Waals surface area contributed by atoms with E-state index in [-0.39, 0.29) is 53.1 Å². The van der Waals surface area contributed by atoms with Crippen molar-refractivity contribution in [1.29, 1.82) is 0 Å². The van der Waals surface area contributed by atoms with Crippen molar-refractivity contribution < 1.29 is 22.4 Å². The minimum absolute atomic E-state index is 0.00772. The molecule has 1 fully saturated rings. The van der Waals surface area contributed by atoms with Crippen LogP contribution in [0.2, 0.25) is 5.02 Å². The number of rotatable bonds is 3. The van der Waals surface area contributed by atoms with Crippen LogP contribution in [0, 0.1) is 5.82 Å². The van der Waals surface area contributed by atoms with Gasteiger partial charge in [0, 0.05) is 12.8 Å². The van der Waals surface area contributed by atoms with Gasteiger partial charge in [0.1, 0.15) is 5.71 Å². The molecule has 1 unspecified atom stereocenters. The molecular weight excluding hydrogens is 373 g/mol. The predicted molar refractivity (Wildman–Crippen MR) is 90.6 cm³/mol. The lowest BCUT2D eigenvalue weighted by molar-refractivity contribution is -0.133. The smallest absolute Gasteiger partial charge is 0.271 e. The molecule has 0 aliphatic carbocycles. The first-order valence-corrected chi connectivity index (χ1v) is 9.82. The number of carbonyl (C=O) groups is 2. The van der Waals surface area contributed by atoms with Gasteiger partial charge in [-0.3, -0.25) is 9.59 Å². The fourth-order valence-corrected chi connectivity index (χ4v) is 4.65. The number of benzene rings is 1. The third-order valence-corrected chi connectivity index (χ3v) is 6.12. The van der Waals surface area contributed by atoms with E-state index in [2.05, 4.69) is 10.4 Å². The number of nitrogens with one attached hydrogen (secondary N) is 1. The summed E-state index contributed by atoms with van der Waals surface area (Å²) in [6, 6.07) is 3.63. The summed E-state index contributed by atoms with van der Waals surface area (Å²) in [7, 11) is -3.19. The predicted octanol–water partition coefficient (Wildman–Crippen LogP) is 1.58. The number of nitrogens with zero attached hydrogens (tertiary/aromatic N) is 2. The van der Waals surface area contributed by atoms with Crippen molar-refractivity contribution in [3.05, 3.63) is 29.0 Å². The van der Waals surface area contributed by atoms with Gasteiger partial charge in [-0.25, -0.2) is 17.8 Å². The molecule has 1 atom stereocenters. The molecule has 3 rings (SSSR count). The molecule has 2 aliphatic heterocycles. The maximum Gasteiger partial charge on any atom is 0.271 e. The first kappa shape index (κ1) is 17.8. The van der Waals surface area contributed by atoms with Gasteiger partial charge in [0.25, 0.3) is 5.91 Å². The molecule has 1 aromatic carbocycles. The van der Waals surface area contributed by atoms with Crippen molar-refractivity contribution in [2.24, 2.45) is 5.10 Å². The van der Waals surface area contributed by atoms with Crippen molar-refractivity contribution in [2.75, 3.05) is 16.8 Å². The highest BCUT2D eigenvalue weighted by atomic mass is 35.5. The first-order chi connectivity index (χ1) is 11.8. The molecule has 10 heteroatoms. The Balaban J connectivity index is 1.79. The van der Waals surface area contributed by atoms with Crippen LogP contribution in [0.3, 0.4) is 0 Å². The quantitative estimate of drug-likeness (QED) is 0.851. The molecule has 2 heterocycles. The van der Waals surface area contributed by atoms with Crippen LogP contribution < -0.4 is 5.32 Å². The van der Waals surface area contributed by atoms with E-state index < -0.39 is 27.6 Å². The van der Waals surface area contributed by atoms with Gasteiger partial charge in [0.15, 0.2) is 15.7 Å². The molecule has 2 aliphatic rings. The van der Waals surface area contributed by atoms with Crippen molar-refractivity contribution in [3.63, 3.8) is 0 Å². The second kappa shape index (κ2) is 6.72. The summed E-state index contributed by atoms with van der Waals surface area (Å²) in [5.74, 6) is -1.91. The molecule has 1 saturated heterocycles. The molecule has 134 valence electrons. The van der Waals surface area contributed by atoms with E-state index in [1.54, 1.807) is 0 Å². The van der Waals surface area contributed by atoms with E-state index in [0.717, 1.165) is 5.01 Å². The van der Waals surface area contributed by atoms with Crippen molar-refractivity contribution in [2.45, 2.75) is 25.3 Å². The van der Waals surface area contributed by atoms with Crippen LogP contribution in [-0.4, -0.2) is 48.5 Å². The van der Waals surface area contributed by atoms with Crippen LogP contribution >= 0.6 is 11.6 Å². The number of hydrogen-bond donors (Lipinski definition) is 1. The topological polar surface area (TPSA) is 95.9 Å². The number of carbonyl (C=O) groups excluding carboxylic acids is 2. The number of hydrazone groups is 1. The standard InChI is InChI=1S/C15H15ClFN3O4S/c16-10-2-1-3-11(14(10)17)18-15(22)12-4-5-13(21)20(19-12)9-6-7-25(23,24)8-9/h1-3,9H,4-8H2,(H,18,22). The van der Waals surface area contributed by atoms with Crippen LogP contribution in [0.1, 0.15) is 19.3 Å². The third-order valence-electron chi connectivity index (χ3n) is 4.08. The Labute approximate surface area is 148 Å². The molecular formula is C15H15ClFN3O4S. The van der Waals surface area contributed by atoms with Gasteiger partial charge in [-0.2, -0.15) is 5.10 Å². The van der Waals surface area contributed by atoms with E-state index in [0.29, 0.717) is 0 Å². The summed E-state index contributed by atoms with van der Waals surface area (Å²) in [5.41, 5.74) is -0.0460. The summed E-state index contributed by atoms with van der Waals surface area (Å²) in [4.78, 5) is 24.4.